The molecule has 1 fully saturated rings. The summed E-state index contributed by atoms with van der Waals surface area (Å²) < 4.78 is 4.63. The fourth-order valence-electron chi connectivity index (χ4n) is 1.49. The van der Waals surface area contributed by atoms with E-state index in [0.717, 1.165) is 25.7 Å². The minimum atomic E-state index is -1.15. The number of carbonyl (C=O) groups excluding carboxylic acids is 1. The van der Waals surface area contributed by atoms with Crippen LogP contribution in [0.4, 0.5) is 0 Å². The lowest BCUT2D eigenvalue weighted by molar-refractivity contribution is -0.200. The molecule has 0 bridgehead atoms. The van der Waals surface area contributed by atoms with Gasteiger partial charge in [-0.25, -0.2) is 0 Å². The van der Waals surface area contributed by atoms with Gasteiger partial charge in [0.05, 0.1) is 0 Å². The molecular weight excluding hydrogens is 144 g/mol. The SMILES string of the molecule is O=COC1(O)CCCCCC1. The summed E-state index contributed by atoms with van der Waals surface area (Å²) in [5, 5.41) is 9.60. The van der Waals surface area contributed by atoms with Crippen molar-refractivity contribution in [1.82, 2.24) is 0 Å². The van der Waals surface area contributed by atoms with Crippen LogP contribution in [0.5, 0.6) is 0 Å². The van der Waals surface area contributed by atoms with Crippen LogP contribution in [0.2, 0.25) is 0 Å². The third kappa shape index (κ3) is 2.50. The smallest absolute Gasteiger partial charge is 0.295 e. The highest BCUT2D eigenvalue weighted by molar-refractivity contribution is 5.37. The van der Waals surface area contributed by atoms with Gasteiger partial charge in [-0.15, -0.1) is 0 Å². The summed E-state index contributed by atoms with van der Waals surface area (Å²) in [5.74, 6) is -1.15. The second-order valence-corrected chi connectivity index (χ2v) is 3.07. The summed E-state index contributed by atoms with van der Waals surface area (Å²) in [6.45, 7) is 0.339. The fraction of sp³-hybridized carbons (Fsp3) is 0.875. The van der Waals surface area contributed by atoms with Crippen molar-refractivity contribution in [2.75, 3.05) is 0 Å². The Labute approximate surface area is 66.4 Å². The third-order valence-corrected chi connectivity index (χ3v) is 2.15. The topological polar surface area (TPSA) is 46.5 Å². The zero-order valence-electron chi connectivity index (χ0n) is 6.58. The summed E-state index contributed by atoms with van der Waals surface area (Å²) >= 11 is 0. The zero-order valence-corrected chi connectivity index (χ0v) is 6.58. The fourth-order valence-corrected chi connectivity index (χ4v) is 1.49. The molecule has 11 heavy (non-hydrogen) atoms. The van der Waals surface area contributed by atoms with E-state index in [1.54, 1.807) is 0 Å². The van der Waals surface area contributed by atoms with Crippen molar-refractivity contribution in [2.24, 2.45) is 0 Å². The predicted octanol–water partition coefficient (Wildman–Crippen LogP) is 1.20. The second kappa shape index (κ2) is 3.72. The molecule has 0 radical (unpaired) electrons. The molecular formula is C8H14O3. The number of carbonyl (C=O) groups is 1. The van der Waals surface area contributed by atoms with Crippen LogP contribution in [0.15, 0.2) is 0 Å². The molecule has 1 aliphatic carbocycles. The highest BCUT2D eigenvalue weighted by Gasteiger charge is 2.28. The molecule has 1 aliphatic rings. The molecule has 3 nitrogen and oxygen atoms in total. The second-order valence-electron chi connectivity index (χ2n) is 3.07. The molecule has 3 heteroatoms. The minimum absolute atomic E-state index is 0.339. The van der Waals surface area contributed by atoms with Crippen LogP contribution < -0.4 is 0 Å². The summed E-state index contributed by atoms with van der Waals surface area (Å²) in [4.78, 5) is 10.0. The Morgan fingerprint density at radius 2 is 1.73 bits per heavy atom. The lowest BCUT2D eigenvalue weighted by Gasteiger charge is -2.23. The Kier molecular flexibility index (Phi) is 2.88. The molecule has 0 aromatic rings. The van der Waals surface area contributed by atoms with Gasteiger partial charge in [-0.2, -0.15) is 0 Å². The zero-order chi connectivity index (χ0) is 8.16. The van der Waals surface area contributed by atoms with Gasteiger partial charge in [0.25, 0.3) is 6.47 Å². The summed E-state index contributed by atoms with van der Waals surface area (Å²) in [7, 11) is 0. The molecule has 1 N–H and O–H groups in total. The van der Waals surface area contributed by atoms with Crippen molar-refractivity contribution >= 4 is 6.47 Å². The first-order chi connectivity index (χ1) is 5.27. The highest BCUT2D eigenvalue weighted by atomic mass is 16.6. The van der Waals surface area contributed by atoms with Gasteiger partial charge in [-0.3, -0.25) is 4.79 Å². The molecule has 0 spiro atoms. The average molecular weight is 158 g/mol. The van der Waals surface area contributed by atoms with Crippen LogP contribution in [0, 0.1) is 0 Å². The van der Waals surface area contributed by atoms with Crippen LogP contribution in [0.1, 0.15) is 38.5 Å². The van der Waals surface area contributed by atoms with Crippen LogP contribution in [0.3, 0.4) is 0 Å². The number of aliphatic hydroxyl groups is 1. The maximum Gasteiger partial charge on any atom is 0.295 e. The third-order valence-electron chi connectivity index (χ3n) is 2.15. The van der Waals surface area contributed by atoms with E-state index in [9.17, 15) is 9.90 Å². The number of rotatable bonds is 2. The monoisotopic (exact) mass is 158 g/mol. The highest BCUT2D eigenvalue weighted by Crippen LogP contribution is 2.27. The molecule has 0 aromatic carbocycles. The molecule has 0 amide bonds. The van der Waals surface area contributed by atoms with E-state index < -0.39 is 5.79 Å². The van der Waals surface area contributed by atoms with Crippen molar-refractivity contribution < 1.29 is 14.6 Å². The maximum absolute atomic E-state index is 10.0. The van der Waals surface area contributed by atoms with Crippen molar-refractivity contribution in [1.29, 1.82) is 0 Å². The first kappa shape index (κ1) is 8.53. The van der Waals surface area contributed by atoms with Gasteiger partial charge in [0.1, 0.15) is 0 Å². The van der Waals surface area contributed by atoms with E-state index in [0.29, 0.717) is 19.3 Å². The van der Waals surface area contributed by atoms with Crippen molar-refractivity contribution in [3.8, 4) is 0 Å². The molecule has 1 rings (SSSR count). The standard InChI is InChI=1S/C8H14O3/c9-7-11-8(10)5-3-1-2-4-6-8/h7,10H,1-6H2. The van der Waals surface area contributed by atoms with Crippen LogP contribution >= 0.6 is 0 Å². The summed E-state index contributed by atoms with van der Waals surface area (Å²) in [6.07, 6.45) is 5.33. The van der Waals surface area contributed by atoms with Gasteiger partial charge in [0, 0.05) is 12.8 Å². The van der Waals surface area contributed by atoms with Crippen molar-refractivity contribution in [3.63, 3.8) is 0 Å². The quantitative estimate of drug-likeness (QED) is 0.373. The predicted molar refractivity (Wildman–Crippen MR) is 39.8 cm³/mol. The molecule has 0 aliphatic heterocycles. The van der Waals surface area contributed by atoms with Gasteiger partial charge in [-0.05, 0) is 12.8 Å². The Hall–Kier alpha value is -0.570. The summed E-state index contributed by atoms with van der Waals surface area (Å²) in [5.41, 5.74) is 0. The first-order valence-electron chi connectivity index (χ1n) is 4.11. The summed E-state index contributed by atoms with van der Waals surface area (Å²) in [6, 6.07) is 0. The molecule has 0 aromatic heterocycles. The van der Waals surface area contributed by atoms with E-state index in [2.05, 4.69) is 4.74 Å². The number of hydrogen-bond donors (Lipinski definition) is 1. The van der Waals surface area contributed by atoms with E-state index in [1.165, 1.54) is 0 Å². The molecule has 1 saturated carbocycles. The Balaban J connectivity index is 2.44. The van der Waals surface area contributed by atoms with Crippen LogP contribution in [-0.2, 0) is 9.53 Å². The molecule has 0 unspecified atom stereocenters. The van der Waals surface area contributed by atoms with Crippen LogP contribution in [0.25, 0.3) is 0 Å². The normalized spacial score (nSPS) is 23.7. The molecule has 0 saturated heterocycles. The van der Waals surface area contributed by atoms with E-state index in [-0.39, 0.29) is 0 Å². The Morgan fingerprint density at radius 3 is 2.18 bits per heavy atom. The Bertz CT molecular complexity index is 125. The van der Waals surface area contributed by atoms with Crippen molar-refractivity contribution in [2.45, 2.75) is 44.3 Å². The van der Waals surface area contributed by atoms with E-state index in [4.69, 9.17) is 0 Å². The van der Waals surface area contributed by atoms with E-state index in [1.807, 2.05) is 0 Å². The Morgan fingerprint density at radius 1 is 1.18 bits per heavy atom. The number of hydrogen-bond acceptors (Lipinski definition) is 3. The van der Waals surface area contributed by atoms with Gasteiger partial charge in [-0.1, -0.05) is 12.8 Å². The molecule has 0 heterocycles. The molecule has 0 atom stereocenters. The lowest BCUT2D eigenvalue weighted by Crippen LogP contribution is -2.30. The average Bonchev–Trinajstić information content (AvgIpc) is 2.15. The largest absolute Gasteiger partial charge is 0.435 e. The number of ether oxygens (including phenoxy) is 1. The van der Waals surface area contributed by atoms with Crippen molar-refractivity contribution in [3.05, 3.63) is 0 Å². The van der Waals surface area contributed by atoms with Gasteiger partial charge >= 0.3 is 0 Å². The van der Waals surface area contributed by atoms with Gasteiger partial charge in [0.15, 0.2) is 0 Å². The minimum Gasteiger partial charge on any atom is -0.435 e. The lowest BCUT2D eigenvalue weighted by atomic mass is 10.1. The first-order valence-corrected chi connectivity index (χ1v) is 4.11. The molecule has 64 valence electrons. The maximum atomic E-state index is 10.0. The van der Waals surface area contributed by atoms with E-state index >= 15 is 0 Å². The van der Waals surface area contributed by atoms with Crippen LogP contribution in [-0.4, -0.2) is 17.4 Å². The van der Waals surface area contributed by atoms with Gasteiger partial charge < -0.3 is 9.84 Å². The van der Waals surface area contributed by atoms with Gasteiger partial charge in [0.2, 0.25) is 5.79 Å².